The van der Waals surface area contributed by atoms with Crippen LogP contribution in [0, 0.1) is 0 Å². The van der Waals surface area contributed by atoms with Gasteiger partial charge in [-0.3, -0.25) is 4.79 Å². The van der Waals surface area contributed by atoms with Crippen LogP contribution in [0.2, 0.25) is 0 Å². The maximum absolute atomic E-state index is 12.4. The fourth-order valence-corrected chi connectivity index (χ4v) is 2.82. The molecule has 0 aliphatic carbocycles. The number of carbonyl (C=O) groups is 2. The molecule has 0 aromatic rings. The van der Waals surface area contributed by atoms with Crippen LogP contribution in [0.25, 0.3) is 0 Å². The standard InChI is InChI=1S/C15H27N3O5/c1-4-21-14(20)18-7-5-17(6-8-18)13(19)12(16)9-11-10-22-15(2,3)23-11/h11-12H,4-10,16H2,1-3H3. The van der Waals surface area contributed by atoms with Crippen molar-refractivity contribution in [3.63, 3.8) is 0 Å². The molecular formula is C15H27N3O5. The SMILES string of the molecule is CCOC(=O)N1CCN(C(=O)C(N)CC2COC(C)(C)O2)CC1. The number of nitrogens with zero attached hydrogens (tertiary/aromatic N) is 2. The van der Waals surface area contributed by atoms with E-state index in [9.17, 15) is 9.59 Å². The average Bonchev–Trinajstić information content (AvgIpc) is 2.85. The second-order valence-corrected chi connectivity index (χ2v) is 6.30. The van der Waals surface area contributed by atoms with Gasteiger partial charge in [-0.25, -0.2) is 4.79 Å². The summed E-state index contributed by atoms with van der Waals surface area (Å²) in [5.41, 5.74) is 6.03. The van der Waals surface area contributed by atoms with E-state index >= 15 is 0 Å². The Balaban J connectivity index is 1.77. The Morgan fingerprint density at radius 3 is 2.39 bits per heavy atom. The summed E-state index contributed by atoms with van der Waals surface area (Å²) in [5, 5.41) is 0. The fourth-order valence-electron chi connectivity index (χ4n) is 2.82. The Bertz CT molecular complexity index is 435. The van der Waals surface area contributed by atoms with Gasteiger partial charge < -0.3 is 29.7 Å². The summed E-state index contributed by atoms with van der Waals surface area (Å²) in [7, 11) is 0. The third-order valence-corrected chi connectivity index (χ3v) is 4.02. The maximum atomic E-state index is 12.4. The summed E-state index contributed by atoms with van der Waals surface area (Å²) in [6, 6.07) is -0.619. The Hall–Kier alpha value is -1.38. The normalized spacial score (nSPS) is 25.3. The number of amides is 2. The van der Waals surface area contributed by atoms with E-state index in [0.29, 0.717) is 45.8 Å². The van der Waals surface area contributed by atoms with Crippen LogP contribution < -0.4 is 5.73 Å². The van der Waals surface area contributed by atoms with Crippen LogP contribution >= 0.6 is 0 Å². The van der Waals surface area contributed by atoms with Crippen LogP contribution in [-0.2, 0) is 19.0 Å². The van der Waals surface area contributed by atoms with Crippen molar-refractivity contribution in [2.24, 2.45) is 5.73 Å². The van der Waals surface area contributed by atoms with Gasteiger partial charge >= 0.3 is 6.09 Å². The molecule has 2 fully saturated rings. The van der Waals surface area contributed by atoms with Crippen LogP contribution in [0.15, 0.2) is 0 Å². The van der Waals surface area contributed by atoms with Gasteiger partial charge in [0.05, 0.1) is 25.4 Å². The first-order valence-corrected chi connectivity index (χ1v) is 8.10. The van der Waals surface area contributed by atoms with Crippen LogP contribution in [0.5, 0.6) is 0 Å². The van der Waals surface area contributed by atoms with E-state index in [0.717, 1.165) is 0 Å². The molecule has 0 radical (unpaired) electrons. The van der Waals surface area contributed by atoms with Crippen molar-refractivity contribution in [1.29, 1.82) is 0 Å². The molecule has 0 aromatic heterocycles. The smallest absolute Gasteiger partial charge is 0.409 e. The largest absolute Gasteiger partial charge is 0.450 e. The summed E-state index contributed by atoms with van der Waals surface area (Å²) in [5.74, 6) is -0.722. The van der Waals surface area contributed by atoms with E-state index in [2.05, 4.69) is 0 Å². The lowest BCUT2D eigenvalue weighted by Crippen LogP contribution is -2.54. The van der Waals surface area contributed by atoms with Gasteiger partial charge in [0.25, 0.3) is 0 Å². The van der Waals surface area contributed by atoms with Gasteiger partial charge in [-0.1, -0.05) is 0 Å². The number of nitrogens with two attached hydrogens (primary N) is 1. The minimum atomic E-state index is -0.619. The third kappa shape index (κ3) is 4.79. The molecule has 0 aromatic carbocycles. The van der Waals surface area contributed by atoms with Crippen LogP contribution in [0.3, 0.4) is 0 Å². The average molecular weight is 329 g/mol. The molecule has 132 valence electrons. The predicted molar refractivity (Wildman–Crippen MR) is 82.7 cm³/mol. The molecule has 0 saturated carbocycles. The Labute approximate surface area is 136 Å². The van der Waals surface area contributed by atoms with E-state index < -0.39 is 11.8 Å². The van der Waals surface area contributed by atoms with Gasteiger partial charge in [0.2, 0.25) is 5.91 Å². The van der Waals surface area contributed by atoms with E-state index in [1.165, 1.54) is 0 Å². The van der Waals surface area contributed by atoms with Crippen LogP contribution in [-0.4, -0.2) is 79.1 Å². The number of hydrogen-bond acceptors (Lipinski definition) is 6. The lowest BCUT2D eigenvalue weighted by Gasteiger charge is -2.35. The highest BCUT2D eigenvalue weighted by Gasteiger charge is 2.36. The molecule has 2 saturated heterocycles. The number of carbonyl (C=O) groups excluding carboxylic acids is 2. The third-order valence-electron chi connectivity index (χ3n) is 4.02. The molecule has 2 amide bonds. The van der Waals surface area contributed by atoms with Gasteiger partial charge in [0.15, 0.2) is 5.79 Å². The number of ether oxygens (including phenoxy) is 3. The second kappa shape index (κ2) is 7.46. The van der Waals surface area contributed by atoms with Gasteiger partial charge in [-0.15, -0.1) is 0 Å². The van der Waals surface area contributed by atoms with Gasteiger partial charge in [-0.2, -0.15) is 0 Å². The predicted octanol–water partition coefficient (Wildman–Crippen LogP) is 0.156. The summed E-state index contributed by atoms with van der Waals surface area (Å²) in [6.07, 6.45) is -0.0622. The van der Waals surface area contributed by atoms with Crippen molar-refractivity contribution in [3.05, 3.63) is 0 Å². The first kappa shape index (κ1) is 18.0. The zero-order chi connectivity index (χ0) is 17.0. The molecule has 8 nitrogen and oxygen atoms in total. The molecule has 0 spiro atoms. The molecule has 2 N–H and O–H groups in total. The van der Waals surface area contributed by atoms with Crippen molar-refractivity contribution >= 4 is 12.0 Å². The number of piperazine rings is 1. The highest BCUT2D eigenvalue weighted by Crippen LogP contribution is 2.24. The lowest BCUT2D eigenvalue weighted by atomic mass is 10.1. The summed E-state index contributed by atoms with van der Waals surface area (Å²) >= 11 is 0. The quantitative estimate of drug-likeness (QED) is 0.789. The first-order chi connectivity index (χ1) is 10.8. The van der Waals surface area contributed by atoms with Gasteiger partial charge in [-0.05, 0) is 20.8 Å². The van der Waals surface area contributed by atoms with E-state index in [4.69, 9.17) is 19.9 Å². The van der Waals surface area contributed by atoms with Gasteiger partial charge in [0.1, 0.15) is 0 Å². The fraction of sp³-hybridized carbons (Fsp3) is 0.867. The van der Waals surface area contributed by atoms with Crippen molar-refractivity contribution in [2.75, 3.05) is 39.4 Å². The molecule has 2 unspecified atom stereocenters. The molecular weight excluding hydrogens is 302 g/mol. The number of rotatable bonds is 4. The second-order valence-electron chi connectivity index (χ2n) is 6.30. The number of hydrogen-bond donors (Lipinski definition) is 1. The summed E-state index contributed by atoms with van der Waals surface area (Å²) < 4.78 is 16.1. The molecule has 23 heavy (non-hydrogen) atoms. The van der Waals surface area contributed by atoms with E-state index in [1.807, 2.05) is 13.8 Å². The minimum absolute atomic E-state index is 0.109. The molecule has 2 aliphatic rings. The van der Waals surface area contributed by atoms with Crippen LogP contribution in [0.4, 0.5) is 4.79 Å². The molecule has 2 aliphatic heterocycles. The van der Waals surface area contributed by atoms with Crippen molar-refractivity contribution in [1.82, 2.24) is 9.80 Å². The zero-order valence-corrected chi connectivity index (χ0v) is 14.1. The molecule has 8 heteroatoms. The first-order valence-electron chi connectivity index (χ1n) is 8.10. The Morgan fingerprint density at radius 2 is 1.87 bits per heavy atom. The van der Waals surface area contributed by atoms with Crippen molar-refractivity contribution < 1.29 is 23.8 Å². The molecule has 2 atom stereocenters. The summed E-state index contributed by atoms with van der Waals surface area (Å²) in [6.45, 7) is 8.13. The Morgan fingerprint density at radius 1 is 1.26 bits per heavy atom. The highest BCUT2D eigenvalue weighted by molar-refractivity contribution is 5.82. The van der Waals surface area contributed by atoms with Crippen LogP contribution in [0.1, 0.15) is 27.2 Å². The molecule has 0 bridgehead atoms. The summed E-state index contributed by atoms with van der Waals surface area (Å²) in [4.78, 5) is 27.4. The zero-order valence-electron chi connectivity index (χ0n) is 14.1. The van der Waals surface area contributed by atoms with Gasteiger partial charge in [0, 0.05) is 32.6 Å². The highest BCUT2D eigenvalue weighted by atomic mass is 16.7. The van der Waals surface area contributed by atoms with Crippen molar-refractivity contribution in [3.8, 4) is 0 Å². The monoisotopic (exact) mass is 329 g/mol. The topological polar surface area (TPSA) is 94.3 Å². The Kier molecular flexibility index (Phi) is 5.83. The van der Waals surface area contributed by atoms with Crippen molar-refractivity contribution in [2.45, 2.75) is 45.1 Å². The lowest BCUT2D eigenvalue weighted by molar-refractivity contribution is -0.144. The van der Waals surface area contributed by atoms with E-state index in [-0.39, 0.29) is 18.1 Å². The minimum Gasteiger partial charge on any atom is -0.450 e. The molecule has 2 rings (SSSR count). The maximum Gasteiger partial charge on any atom is 0.409 e. The van der Waals surface area contributed by atoms with E-state index in [1.54, 1.807) is 16.7 Å². The molecule has 2 heterocycles.